The van der Waals surface area contributed by atoms with Crippen molar-refractivity contribution in [2.24, 2.45) is 0 Å². The highest BCUT2D eigenvalue weighted by Crippen LogP contribution is 2.41. The van der Waals surface area contributed by atoms with Crippen LogP contribution in [0.15, 0.2) is 49.9 Å². The summed E-state index contributed by atoms with van der Waals surface area (Å²) in [6.07, 6.45) is 0.348. The van der Waals surface area contributed by atoms with E-state index in [0.29, 0.717) is 34.8 Å². The van der Waals surface area contributed by atoms with Crippen LogP contribution >= 0.6 is 15.9 Å². The van der Waals surface area contributed by atoms with Crippen LogP contribution in [0.4, 0.5) is 4.79 Å². The van der Waals surface area contributed by atoms with E-state index in [9.17, 15) is 9.59 Å². The Bertz CT molecular complexity index is 1090. The third-order valence-electron chi connectivity index (χ3n) is 4.80. The first-order chi connectivity index (χ1) is 13.6. The third kappa shape index (κ3) is 2.52. The van der Waals surface area contributed by atoms with Crippen LogP contribution in [-0.2, 0) is 16.9 Å². The molecule has 28 heavy (non-hydrogen) atoms. The molecule has 1 atom stereocenters. The molecule has 0 radical (unpaired) electrons. The molecule has 0 aliphatic carbocycles. The van der Waals surface area contributed by atoms with E-state index in [-0.39, 0.29) is 24.2 Å². The molecule has 0 saturated carbocycles. The number of furan rings is 1. The number of ether oxygens (including phenoxy) is 1. The number of fused-ring (bicyclic) bond motifs is 2. The summed E-state index contributed by atoms with van der Waals surface area (Å²) >= 11 is 3.20. The summed E-state index contributed by atoms with van der Waals surface area (Å²) in [4.78, 5) is 26.9. The number of hydrogen-bond donors (Lipinski definition) is 1. The molecule has 1 spiro atoms. The van der Waals surface area contributed by atoms with Crippen molar-refractivity contribution in [3.05, 3.63) is 52.5 Å². The largest absolute Gasteiger partial charge is 0.493 e. The topological polar surface area (TPSA) is 111 Å². The van der Waals surface area contributed by atoms with Gasteiger partial charge < -0.3 is 18.9 Å². The fourth-order valence-corrected chi connectivity index (χ4v) is 3.80. The number of aromatic nitrogens is 2. The van der Waals surface area contributed by atoms with E-state index < -0.39 is 11.6 Å². The number of amides is 3. The van der Waals surface area contributed by atoms with E-state index in [1.54, 1.807) is 24.3 Å². The number of imide groups is 1. The average Bonchev–Trinajstić information content (AvgIpc) is 3.39. The number of nitrogens with one attached hydrogen (secondary N) is 1. The number of benzene rings is 1. The second kappa shape index (κ2) is 6.20. The Kier molecular flexibility index (Phi) is 3.76. The number of carbonyl (C=O) groups excluding carboxylic acids is 2. The van der Waals surface area contributed by atoms with E-state index in [0.717, 1.165) is 4.90 Å². The SMILES string of the molecule is O=C1N[C@@]2(CCOc3ccccc32)C(=O)N1Cc1nnc(-c2ccc(Br)o2)o1. The van der Waals surface area contributed by atoms with Gasteiger partial charge in [-0.3, -0.25) is 9.69 Å². The number of rotatable bonds is 3. The van der Waals surface area contributed by atoms with Gasteiger partial charge in [0.15, 0.2) is 16.0 Å². The Hall–Kier alpha value is -3.14. The molecule has 2 aliphatic rings. The number of urea groups is 1. The maximum atomic E-state index is 13.2. The first-order valence-corrected chi connectivity index (χ1v) is 9.31. The maximum Gasteiger partial charge on any atom is 0.325 e. The highest BCUT2D eigenvalue weighted by molar-refractivity contribution is 9.10. The molecule has 5 rings (SSSR count). The molecule has 1 fully saturated rings. The first-order valence-electron chi connectivity index (χ1n) is 8.51. The van der Waals surface area contributed by atoms with E-state index in [2.05, 4.69) is 31.4 Å². The molecule has 3 amide bonds. The van der Waals surface area contributed by atoms with Crippen molar-refractivity contribution in [2.75, 3.05) is 6.61 Å². The Morgan fingerprint density at radius 2 is 2.00 bits per heavy atom. The zero-order valence-corrected chi connectivity index (χ0v) is 15.9. The van der Waals surface area contributed by atoms with Crippen molar-refractivity contribution >= 4 is 27.9 Å². The van der Waals surface area contributed by atoms with Gasteiger partial charge in [0.25, 0.3) is 11.8 Å². The highest BCUT2D eigenvalue weighted by Gasteiger charge is 2.55. The smallest absolute Gasteiger partial charge is 0.325 e. The zero-order chi connectivity index (χ0) is 19.3. The quantitative estimate of drug-likeness (QED) is 0.618. The normalized spacial score (nSPS) is 21.0. The third-order valence-corrected chi connectivity index (χ3v) is 5.23. The molecule has 0 unspecified atom stereocenters. The Morgan fingerprint density at radius 1 is 1.14 bits per heavy atom. The van der Waals surface area contributed by atoms with Gasteiger partial charge in [-0.25, -0.2) is 4.79 Å². The predicted octanol–water partition coefficient (Wildman–Crippen LogP) is 2.82. The summed E-state index contributed by atoms with van der Waals surface area (Å²) in [5.41, 5.74) is -0.491. The minimum atomic E-state index is -1.14. The van der Waals surface area contributed by atoms with Crippen LogP contribution in [0.1, 0.15) is 17.9 Å². The number of nitrogens with zero attached hydrogens (tertiary/aromatic N) is 3. The molecule has 3 aromatic rings. The molecule has 142 valence electrons. The van der Waals surface area contributed by atoms with Crippen molar-refractivity contribution in [1.82, 2.24) is 20.4 Å². The summed E-state index contributed by atoms with van der Waals surface area (Å²) in [7, 11) is 0. The van der Waals surface area contributed by atoms with Crippen molar-refractivity contribution in [3.8, 4) is 17.4 Å². The number of para-hydroxylation sites is 1. The van der Waals surface area contributed by atoms with E-state index in [4.69, 9.17) is 13.6 Å². The van der Waals surface area contributed by atoms with Gasteiger partial charge in [-0.15, -0.1) is 10.2 Å². The monoisotopic (exact) mass is 444 g/mol. The molecule has 9 nitrogen and oxygen atoms in total. The molecule has 2 aromatic heterocycles. The molecule has 2 aliphatic heterocycles. The van der Waals surface area contributed by atoms with Crippen molar-refractivity contribution < 1.29 is 23.2 Å². The lowest BCUT2D eigenvalue weighted by atomic mass is 9.84. The maximum absolute atomic E-state index is 13.2. The van der Waals surface area contributed by atoms with E-state index >= 15 is 0 Å². The molecule has 4 heterocycles. The highest BCUT2D eigenvalue weighted by atomic mass is 79.9. The van der Waals surface area contributed by atoms with Gasteiger partial charge >= 0.3 is 6.03 Å². The predicted molar refractivity (Wildman–Crippen MR) is 97.0 cm³/mol. The molecule has 0 bridgehead atoms. The van der Waals surface area contributed by atoms with Gasteiger partial charge in [0.2, 0.25) is 5.89 Å². The van der Waals surface area contributed by atoms with Crippen LogP contribution in [-0.4, -0.2) is 33.6 Å². The summed E-state index contributed by atoms with van der Waals surface area (Å²) in [5.74, 6) is 0.904. The summed E-state index contributed by atoms with van der Waals surface area (Å²) < 4.78 is 17.1. The van der Waals surface area contributed by atoms with Crippen LogP contribution in [0.5, 0.6) is 5.75 Å². The fraction of sp³-hybridized carbons (Fsp3) is 0.222. The number of halogens is 1. The second-order valence-corrected chi connectivity index (χ2v) is 7.21. The second-order valence-electron chi connectivity index (χ2n) is 6.43. The van der Waals surface area contributed by atoms with Gasteiger partial charge in [-0.05, 0) is 34.1 Å². The molecular weight excluding hydrogens is 432 g/mol. The molecule has 10 heteroatoms. The van der Waals surface area contributed by atoms with Gasteiger partial charge in [0.1, 0.15) is 12.3 Å². The van der Waals surface area contributed by atoms with Gasteiger partial charge in [0.05, 0.1) is 6.61 Å². The molecule has 1 N–H and O–H groups in total. The fourth-order valence-electron chi connectivity index (χ4n) is 3.50. The minimum Gasteiger partial charge on any atom is -0.493 e. The van der Waals surface area contributed by atoms with Gasteiger partial charge in [-0.2, -0.15) is 0 Å². The Balaban J connectivity index is 1.43. The van der Waals surface area contributed by atoms with Gasteiger partial charge in [-0.1, -0.05) is 18.2 Å². The first kappa shape index (κ1) is 17.0. The van der Waals surface area contributed by atoms with Crippen LogP contribution in [0.3, 0.4) is 0 Å². The minimum absolute atomic E-state index is 0.128. The number of hydrogen-bond acceptors (Lipinski definition) is 7. The lowest BCUT2D eigenvalue weighted by Gasteiger charge is -2.33. The van der Waals surface area contributed by atoms with E-state index in [1.807, 2.05) is 12.1 Å². The van der Waals surface area contributed by atoms with Gasteiger partial charge in [0, 0.05) is 12.0 Å². The molecule has 1 saturated heterocycles. The Labute approximate surface area is 166 Å². The van der Waals surface area contributed by atoms with Crippen LogP contribution < -0.4 is 10.1 Å². The van der Waals surface area contributed by atoms with Crippen LogP contribution in [0, 0.1) is 0 Å². The summed E-state index contributed by atoms with van der Waals surface area (Å²) in [6, 6.07) is 10.1. The molecular formula is C18H13BrN4O5. The number of carbonyl (C=O) groups is 2. The standard InChI is InChI=1S/C18H13BrN4O5/c19-13-6-5-12(27-13)15-22-21-14(28-15)9-23-16(24)18(20-17(23)25)7-8-26-11-4-2-1-3-10(11)18/h1-6H,7-9H2,(H,20,25)/t18-/m1/s1. The summed E-state index contributed by atoms with van der Waals surface area (Å²) in [6.45, 7) is 0.194. The zero-order valence-electron chi connectivity index (χ0n) is 14.3. The van der Waals surface area contributed by atoms with Crippen LogP contribution in [0.25, 0.3) is 11.7 Å². The van der Waals surface area contributed by atoms with Crippen molar-refractivity contribution in [1.29, 1.82) is 0 Å². The average molecular weight is 445 g/mol. The van der Waals surface area contributed by atoms with E-state index in [1.165, 1.54) is 0 Å². The van der Waals surface area contributed by atoms with Crippen molar-refractivity contribution in [2.45, 2.75) is 18.5 Å². The van der Waals surface area contributed by atoms with Crippen LogP contribution in [0.2, 0.25) is 0 Å². The molecule has 1 aromatic carbocycles. The lowest BCUT2D eigenvalue weighted by molar-refractivity contribution is -0.133. The summed E-state index contributed by atoms with van der Waals surface area (Å²) in [5, 5.41) is 10.7. The van der Waals surface area contributed by atoms with Crippen molar-refractivity contribution in [3.63, 3.8) is 0 Å². The Morgan fingerprint density at radius 3 is 2.82 bits per heavy atom. The lowest BCUT2D eigenvalue weighted by Crippen LogP contribution is -2.47.